The maximum absolute atomic E-state index is 14.7. The van der Waals surface area contributed by atoms with E-state index < -0.39 is 17.7 Å². The van der Waals surface area contributed by atoms with E-state index in [4.69, 9.17) is 9.57 Å². The van der Waals surface area contributed by atoms with Crippen LogP contribution in [-0.2, 0) is 9.63 Å². The van der Waals surface area contributed by atoms with E-state index in [1.54, 1.807) is 19.2 Å². The predicted molar refractivity (Wildman–Crippen MR) is 185 cm³/mol. The molecule has 1 aromatic heterocycles. The van der Waals surface area contributed by atoms with Crippen molar-refractivity contribution < 1.29 is 23.1 Å². The third-order valence-corrected chi connectivity index (χ3v) is 10.2. The topological polar surface area (TPSA) is 98.3 Å². The molecule has 0 unspecified atom stereocenters. The molecular weight excluding hydrogens is 630 g/mol. The van der Waals surface area contributed by atoms with Gasteiger partial charge in [0.1, 0.15) is 17.9 Å². The number of nitrogens with zero attached hydrogens (tertiary/aromatic N) is 6. The van der Waals surface area contributed by atoms with Gasteiger partial charge in [0.05, 0.1) is 36.8 Å². The van der Waals surface area contributed by atoms with Crippen LogP contribution in [0.1, 0.15) is 50.6 Å². The van der Waals surface area contributed by atoms with Crippen molar-refractivity contribution in [2.75, 3.05) is 67.0 Å². The molecule has 7 rings (SSSR count). The monoisotopic (exact) mass is 674 g/mol. The van der Waals surface area contributed by atoms with E-state index in [9.17, 15) is 13.6 Å². The van der Waals surface area contributed by atoms with Crippen molar-refractivity contribution in [3.05, 3.63) is 72.6 Å². The zero-order chi connectivity index (χ0) is 34.1. The van der Waals surface area contributed by atoms with E-state index in [2.05, 4.69) is 48.8 Å². The maximum atomic E-state index is 14.7. The number of hydroxylamine groups is 1. The van der Waals surface area contributed by atoms with Gasteiger partial charge in [-0.25, -0.2) is 23.8 Å². The van der Waals surface area contributed by atoms with Crippen LogP contribution < -0.4 is 25.3 Å². The molecule has 4 heterocycles. The highest BCUT2D eigenvalue weighted by Gasteiger charge is 2.38. The van der Waals surface area contributed by atoms with Gasteiger partial charge in [0, 0.05) is 75.0 Å². The molecule has 1 aliphatic carbocycles. The number of carbonyl (C=O) groups excluding carboxylic acids is 1. The summed E-state index contributed by atoms with van der Waals surface area (Å²) in [6, 6.07) is 10.9. The van der Waals surface area contributed by atoms with Gasteiger partial charge in [-0.1, -0.05) is 18.7 Å². The number of hydrogen-bond acceptors (Lipinski definition) is 10. The number of ether oxygens (including phenoxy) is 1. The third-order valence-electron chi connectivity index (χ3n) is 10.2. The Kier molecular flexibility index (Phi) is 9.66. The Hall–Kier alpha value is -4.33. The lowest BCUT2D eigenvalue weighted by Gasteiger charge is -2.46. The molecule has 1 saturated carbocycles. The van der Waals surface area contributed by atoms with E-state index in [0.717, 1.165) is 63.4 Å². The van der Waals surface area contributed by atoms with E-state index in [1.165, 1.54) is 36.4 Å². The molecule has 0 bridgehead atoms. The van der Waals surface area contributed by atoms with Crippen LogP contribution in [0.5, 0.6) is 5.75 Å². The lowest BCUT2D eigenvalue weighted by atomic mass is 9.99. The van der Waals surface area contributed by atoms with Gasteiger partial charge in [0.15, 0.2) is 17.5 Å². The first-order valence-corrected chi connectivity index (χ1v) is 17.2. The summed E-state index contributed by atoms with van der Waals surface area (Å²) < 4.78 is 34.6. The molecule has 1 amide bonds. The minimum atomic E-state index is -0.912. The Morgan fingerprint density at radius 3 is 2.57 bits per heavy atom. The number of aromatic nitrogens is 2. The van der Waals surface area contributed by atoms with Crippen LogP contribution in [-0.4, -0.2) is 90.2 Å². The summed E-state index contributed by atoms with van der Waals surface area (Å²) in [6.45, 7) is 11.4. The van der Waals surface area contributed by atoms with Crippen LogP contribution in [0, 0.1) is 11.6 Å². The Labute approximate surface area is 285 Å². The van der Waals surface area contributed by atoms with Crippen molar-refractivity contribution in [1.82, 2.24) is 19.8 Å². The zero-order valence-electron chi connectivity index (χ0n) is 28.1. The van der Waals surface area contributed by atoms with E-state index in [-0.39, 0.29) is 11.5 Å². The van der Waals surface area contributed by atoms with Crippen LogP contribution >= 0.6 is 0 Å². The summed E-state index contributed by atoms with van der Waals surface area (Å²) in [6.07, 6.45) is 7.85. The molecule has 3 saturated heterocycles. The molecule has 13 heteroatoms. The van der Waals surface area contributed by atoms with Crippen LogP contribution in [0.25, 0.3) is 0 Å². The summed E-state index contributed by atoms with van der Waals surface area (Å²) in [5.74, 6) is -0.768. The van der Waals surface area contributed by atoms with E-state index in [1.807, 2.05) is 12.1 Å². The molecule has 2 atom stereocenters. The molecule has 0 spiro atoms. The number of halogens is 2. The van der Waals surface area contributed by atoms with Gasteiger partial charge in [0.25, 0.3) is 0 Å². The number of carbonyl (C=O) groups is 1. The normalized spacial score (nSPS) is 22.3. The zero-order valence-corrected chi connectivity index (χ0v) is 28.1. The van der Waals surface area contributed by atoms with Crippen LogP contribution in [0.2, 0.25) is 0 Å². The predicted octanol–water partition coefficient (Wildman–Crippen LogP) is 5.65. The number of amides is 1. The number of piperidine rings is 1. The number of rotatable bonds is 10. The van der Waals surface area contributed by atoms with E-state index >= 15 is 0 Å². The summed E-state index contributed by atoms with van der Waals surface area (Å²) in [5, 5.41) is 7.77. The Morgan fingerprint density at radius 2 is 1.84 bits per heavy atom. The second-order valence-corrected chi connectivity index (χ2v) is 13.3. The van der Waals surface area contributed by atoms with Crippen molar-refractivity contribution in [1.29, 1.82) is 0 Å². The van der Waals surface area contributed by atoms with Crippen LogP contribution in [0.4, 0.5) is 37.5 Å². The van der Waals surface area contributed by atoms with Crippen LogP contribution in [0.3, 0.4) is 0 Å². The molecule has 260 valence electrons. The largest absolute Gasteiger partial charge is 0.494 e. The number of hydrogen-bond donors (Lipinski definition) is 2. The molecule has 49 heavy (non-hydrogen) atoms. The summed E-state index contributed by atoms with van der Waals surface area (Å²) in [4.78, 5) is 34.8. The lowest BCUT2D eigenvalue weighted by Crippen LogP contribution is -2.57. The van der Waals surface area contributed by atoms with Gasteiger partial charge < -0.3 is 20.3 Å². The average molecular weight is 675 g/mol. The third kappa shape index (κ3) is 7.06. The molecule has 0 radical (unpaired) electrons. The molecule has 3 aromatic rings. The first-order chi connectivity index (χ1) is 23.8. The molecule has 2 aromatic carbocycles. The van der Waals surface area contributed by atoms with Crippen molar-refractivity contribution in [2.24, 2.45) is 0 Å². The van der Waals surface area contributed by atoms with Crippen molar-refractivity contribution >= 4 is 34.6 Å². The molecule has 4 aliphatic rings. The van der Waals surface area contributed by atoms with Crippen LogP contribution in [0.15, 0.2) is 55.4 Å². The molecule has 2 N–H and O–H groups in total. The lowest BCUT2D eigenvalue weighted by molar-refractivity contribution is -0.111. The number of methoxy groups -OCH3 is 1. The van der Waals surface area contributed by atoms with Gasteiger partial charge in [0.2, 0.25) is 5.91 Å². The Balaban J connectivity index is 1.09. The summed E-state index contributed by atoms with van der Waals surface area (Å²) >= 11 is 0. The van der Waals surface area contributed by atoms with Crippen molar-refractivity contribution in [3.8, 4) is 5.75 Å². The fourth-order valence-electron chi connectivity index (χ4n) is 7.56. The standard InChI is InChI=1S/C36H44F2N8O3/c1-4-35(47)42-28-18-29(41-33-20-34(40-22-39-33)46-30(12-17-49-46)26-6-5-7-27(37)36(26)38)32(48-3)19-31(28)43-13-10-24(11-14-43)44-15-16-45(23(2)21-44)25-8-9-25/h4-7,18-20,22-25,30H,1,8-17,21H2,2-3H3,(H,42,47)(H,39,40,41)/t23-,30-/m1/s1. The maximum Gasteiger partial charge on any atom is 0.247 e. The molecule has 3 aliphatic heterocycles. The molecular formula is C36H44F2N8O3. The number of benzene rings is 2. The summed E-state index contributed by atoms with van der Waals surface area (Å²) in [7, 11) is 1.60. The highest BCUT2D eigenvalue weighted by Crippen LogP contribution is 2.41. The Bertz CT molecular complexity index is 1680. The fourth-order valence-corrected chi connectivity index (χ4v) is 7.56. The summed E-state index contributed by atoms with van der Waals surface area (Å²) in [5.41, 5.74) is 2.26. The number of nitrogens with one attached hydrogen (secondary N) is 2. The Morgan fingerprint density at radius 1 is 1.02 bits per heavy atom. The first-order valence-electron chi connectivity index (χ1n) is 17.2. The SMILES string of the molecule is C=CC(=O)Nc1cc(Nc2cc(N3OCC[C@@H]3c3cccc(F)c3F)ncn2)c(OC)cc1N1CCC(N2CCN(C3CC3)[C@H](C)C2)CC1. The number of anilines is 5. The minimum absolute atomic E-state index is 0.195. The minimum Gasteiger partial charge on any atom is -0.494 e. The second kappa shape index (κ2) is 14.3. The van der Waals surface area contributed by atoms with Gasteiger partial charge in [-0.3, -0.25) is 19.4 Å². The smallest absolute Gasteiger partial charge is 0.247 e. The van der Waals surface area contributed by atoms with Gasteiger partial charge >= 0.3 is 0 Å². The average Bonchev–Trinajstić information content (AvgIpc) is 3.84. The van der Waals surface area contributed by atoms with Crippen molar-refractivity contribution in [3.63, 3.8) is 0 Å². The highest BCUT2D eigenvalue weighted by molar-refractivity contribution is 6.02. The quantitative estimate of drug-likeness (QED) is 0.263. The van der Waals surface area contributed by atoms with Gasteiger partial charge in [-0.2, -0.15) is 0 Å². The van der Waals surface area contributed by atoms with Gasteiger partial charge in [-0.15, -0.1) is 0 Å². The molecule has 4 fully saturated rings. The fraction of sp³-hybridized carbons (Fsp3) is 0.472. The van der Waals surface area contributed by atoms with Gasteiger partial charge in [-0.05, 0) is 50.8 Å². The highest BCUT2D eigenvalue weighted by atomic mass is 19.2. The second-order valence-electron chi connectivity index (χ2n) is 13.3. The van der Waals surface area contributed by atoms with Crippen molar-refractivity contribution in [2.45, 2.75) is 63.2 Å². The number of piperazine rings is 1. The van der Waals surface area contributed by atoms with E-state index in [0.29, 0.717) is 53.9 Å². The molecule has 11 nitrogen and oxygen atoms in total. The first kappa shape index (κ1) is 33.2.